The van der Waals surface area contributed by atoms with E-state index in [0.717, 1.165) is 10.9 Å². The average molecular weight is 235 g/mol. The smallest absolute Gasteiger partial charge is 0.0406 e. The van der Waals surface area contributed by atoms with Gasteiger partial charge in [0.25, 0.3) is 0 Å². The molecule has 1 aromatic carbocycles. The topological polar surface area (TPSA) is 0 Å². The average Bonchev–Trinajstić information content (AvgIpc) is 2.34. The van der Waals surface area contributed by atoms with Gasteiger partial charge in [-0.15, -0.1) is 0 Å². The quantitative estimate of drug-likeness (QED) is 0.649. The third kappa shape index (κ3) is 2.68. The molecule has 0 atom stereocenters. The first kappa shape index (κ1) is 11.7. The van der Waals surface area contributed by atoms with Crippen molar-refractivity contribution in [3.05, 3.63) is 40.9 Å². The van der Waals surface area contributed by atoms with Crippen LogP contribution in [0.5, 0.6) is 0 Å². The van der Waals surface area contributed by atoms with Crippen LogP contribution >= 0.6 is 11.6 Å². The standard InChI is InChI=1S/C15H19Cl/c1-2-15(12-6-4-3-5-7-12)13-8-10-14(16)11-9-13/h2,8-12H,3-7H2,1H3. The summed E-state index contributed by atoms with van der Waals surface area (Å²) >= 11 is 5.93. The first-order chi connectivity index (χ1) is 7.81. The van der Waals surface area contributed by atoms with E-state index in [2.05, 4.69) is 25.1 Å². The van der Waals surface area contributed by atoms with Gasteiger partial charge in [0.2, 0.25) is 0 Å². The van der Waals surface area contributed by atoms with Gasteiger partial charge in [-0.2, -0.15) is 0 Å². The summed E-state index contributed by atoms with van der Waals surface area (Å²) in [6.07, 6.45) is 9.16. The fourth-order valence-corrected chi connectivity index (χ4v) is 2.82. The Bertz CT molecular complexity index is 356. The molecule has 0 unspecified atom stereocenters. The summed E-state index contributed by atoms with van der Waals surface area (Å²) < 4.78 is 0. The molecule has 1 saturated carbocycles. The largest absolute Gasteiger partial charge is 0.0843 e. The van der Waals surface area contributed by atoms with Gasteiger partial charge in [-0.25, -0.2) is 0 Å². The maximum Gasteiger partial charge on any atom is 0.0406 e. The second-order valence-electron chi connectivity index (χ2n) is 4.59. The highest BCUT2D eigenvalue weighted by molar-refractivity contribution is 6.30. The summed E-state index contributed by atoms with van der Waals surface area (Å²) in [6, 6.07) is 8.27. The molecule has 0 nitrogen and oxygen atoms in total. The number of hydrogen-bond donors (Lipinski definition) is 0. The van der Waals surface area contributed by atoms with Crippen molar-refractivity contribution in [3.63, 3.8) is 0 Å². The molecule has 0 amide bonds. The van der Waals surface area contributed by atoms with E-state index in [1.165, 1.54) is 43.2 Å². The van der Waals surface area contributed by atoms with Crippen LogP contribution in [-0.2, 0) is 0 Å². The van der Waals surface area contributed by atoms with Crippen LogP contribution in [0.4, 0.5) is 0 Å². The second kappa shape index (κ2) is 5.54. The molecule has 1 aliphatic rings. The predicted molar refractivity (Wildman–Crippen MR) is 71.7 cm³/mol. The zero-order valence-electron chi connectivity index (χ0n) is 9.88. The van der Waals surface area contributed by atoms with Crippen LogP contribution in [0.15, 0.2) is 30.3 Å². The van der Waals surface area contributed by atoms with Crippen LogP contribution in [0.1, 0.15) is 44.6 Å². The molecule has 0 N–H and O–H groups in total. The molecule has 0 bridgehead atoms. The Labute approximate surface area is 103 Å². The molecule has 1 aromatic rings. The van der Waals surface area contributed by atoms with Gasteiger partial charge in [-0.05, 0) is 49.0 Å². The van der Waals surface area contributed by atoms with E-state index in [-0.39, 0.29) is 0 Å². The van der Waals surface area contributed by atoms with Crippen LogP contribution in [0.25, 0.3) is 5.57 Å². The van der Waals surface area contributed by atoms with Gasteiger partial charge in [0.1, 0.15) is 0 Å². The highest BCUT2D eigenvalue weighted by Gasteiger charge is 2.18. The van der Waals surface area contributed by atoms with Crippen molar-refractivity contribution >= 4 is 17.2 Å². The van der Waals surface area contributed by atoms with E-state index < -0.39 is 0 Å². The maximum absolute atomic E-state index is 5.93. The summed E-state index contributed by atoms with van der Waals surface area (Å²) in [5, 5.41) is 0.822. The van der Waals surface area contributed by atoms with Gasteiger partial charge >= 0.3 is 0 Å². The molecule has 16 heavy (non-hydrogen) atoms. The molecule has 1 aliphatic carbocycles. The first-order valence-corrected chi connectivity index (χ1v) is 6.61. The monoisotopic (exact) mass is 234 g/mol. The minimum absolute atomic E-state index is 0.764. The first-order valence-electron chi connectivity index (χ1n) is 6.23. The van der Waals surface area contributed by atoms with Gasteiger partial charge in [-0.1, -0.05) is 49.1 Å². The van der Waals surface area contributed by atoms with E-state index in [1.54, 1.807) is 0 Å². The molecular weight excluding hydrogens is 216 g/mol. The van der Waals surface area contributed by atoms with Crippen molar-refractivity contribution in [3.8, 4) is 0 Å². The zero-order chi connectivity index (χ0) is 11.4. The Morgan fingerprint density at radius 1 is 1.12 bits per heavy atom. The van der Waals surface area contributed by atoms with Crippen molar-refractivity contribution in [2.24, 2.45) is 5.92 Å². The van der Waals surface area contributed by atoms with E-state index in [1.807, 2.05) is 12.1 Å². The van der Waals surface area contributed by atoms with Gasteiger partial charge in [0.15, 0.2) is 0 Å². The predicted octanol–water partition coefficient (Wildman–Crippen LogP) is 5.32. The van der Waals surface area contributed by atoms with Crippen LogP contribution in [0, 0.1) is 5.92 Å². The minimum Gasteiger partial charge on any atom is -0.0843 e. The van der Waals surface area contributed by atoms with E-state index in [9.17, 15) is 0 Å². The SMILES string of the molecule is CC=C(c1ccc(Cl)cc1)C1CCCCC1. The Kier molecular flexibility index (Phi) is 4.06. The lowest BCUT2D eigenvalue weighted by Gasteiger charge is -2.24. The Morgan fingerprint density at radius 2 is 1.75 bits per heavy atom. The third-order valence-electron chi connectivity index (χ3n) is 3.53. The summed E-state index contributed by atoms with van der Waals surface area (Å²) in [5.74, 6) is 0.764. The normalized spacial score (nSPS) is 18.8. The lowest BCUT2D eigenvalue weighted by atomic mass is 9.81. The van der Waals surface area contributed by atoms with Gasteiger partial charge < -0.3 is 0 Å². The Balaban J connectivity index is 2.18. The number of hydrogen-bond acceptors (Lipinski definition) is 0. The summed E-state index contributed by atoms with van der Waals surface area (Å²) in [7, 11) is 0. The number of halogens is 1. The minimum atomic E-state index is 0.764. The summed E-state index contributed by atoms with van der Waals surface area (Å²) in [4.78, 5) is 0. The summed E-state index contributed by atoms with van der Waals surface area (Å²) in [6.45, 7) is 2.15. The van der Waals surface area contributed by atoms with Crippen LogP contribution < -0.4 is 0 Å². The number of benzene rings is 1. The van der Waals surface area contributed by atoms with Gasteiger partial charge in [0.05, 0.1) is 0 Å². The van der Waals surface area contributed by atoms with E-state index >= 15 is 0 Å². The highest BCUT2D eigenvalue weighted by Crippen LogP contribution is 2.35. The molecule has 0 aromatic heterocycles. The van der Waals surface area contributed by atoms with Crippen LogP contribution in [0.3, 0.4) is 0 Å². The van der Waals surface area contributed by atoms with Crippen LogP contribution in [-0.4, -0.2) is 0 Å². The lowest BCUT2D eigenvalue weighted by molar-refractivity contribution is 0.429. The fraction of sp³-hybridized carbons (Fsp3) is 0.467. The molecule has 86 valence electrons. The maximum atomic E-state index is 5.93. The fourth-order valence-electron chi connectivity index (χ4n) is 2.69. The molecule has 0 heterocycles. The molecule has 0 aliphatic heterocycles. The van der Waals surface area contributed by atoms with E-state index in [4.69, 9.17) is 11.6 Å². The summed E-state index contributed by atoms with van der Waals surface area (Å²) in [5.41, 5.74) is 2.86. The Morgan fingerprint density at radius 3 is 2.31 bits per heavy atom. The van der Waals surface area contributed by atoms with Crippen molar-refractivity contribution in [2.45, 2.75) is 39.0 Å². The molecule has 2 rings (SSSR count). The highest BCUT2D eigenvalue weighted by atomic mass is 35.5. The van der Waals surface area contributed by atoms with Crippen molar-refractivity contribution in [2.75, 3.05) is 0 Å². The molecule has 0 spiro atoms. The molecule has 1 fully saturated rings. The Hall–Kier alpha value is -0.750. The van der Waals surface area contributed by atoms with Crippen molar-refractivity contribution < 1.29 is 0 Å². The third-order valence-corrected chi connectivity index (χ3v) is 3.79. The zero-order valence-corrected chi connectivity index (χ0v) is 10.6. The molecular formula is C15H19Cl. The molecule has 1 heteroatoms. The van der Waals surface area contributed by atoms with Crippen molar-refractivity contribution in [1.82, 2.24) is 0 Å². The number of rotatable bonds is 2. The number of allylic oxidation sites excluding steroid dienone is 2. The van der Waals surface area contributed by atoms with E-state index in [0.29, 0.717) is 0 Å². The lowest BCUT2D eigenvalue weighted by Crippen LogP contribution is -2.08. The molecule has 0 saturated heterocycles. The van der Waals surface area contributed by atoms with Crippen LogP contribution in [0.2, 0.25) is 5.02 Å². The molecule has 0 radical (unpaired) electrons. The van der Waals surface area contributed by atoms with Gasteiger partial charge in [-0.3, -0.25) is 0 Å². The second-order valence-corrected chi connectivity index (χ2v) is 5.02. The van der Waals surface area contributed by atoms with Gasteiger partial charge in [0, 0.05) is 5.02 Å². The van der Waals surface area contributed by atoms with Crippen molar-refractivity contribution in [1.29, 1.82) is 0 Å².